The van der Waals surface area contributed by atoms with Crippen LogP contribution in [-0.4, -0.2) is 19.4 Å². The fraction of sp³-hybridized carbons (Fsp3) is 0.0952. The Morgan fingerprint density at radius 3 is 2.43 bits per heavy atom. The molecule has 0 fully saturated rings. The van der Waals surface area contributed by atoms with Crippen LogP contribution >= 0.6 is 0 Å². The summed E-state index contributed by atoms with van der Waals surface area (Å²) in [5.74, 6) is -0.569. The Bertz CT molecular complexity index is 1100. The molecule has 144 valence electrons. The largest absolute Gasteiger partial charge is 0.506 e. The van der Waals surface area contributed by atoms with Crippen LogP contribution < -0.4 is 10.0 Å². The minimum atomic E-state index is -3.78. The van der Waals surface area contributed by atoms with Gasteiger partial charge < -0.3 is 10.4 Å². The molecule has 6 nitrogen and oxygen atoms in total. The molecule has 0 bridgehead atoms. The topological polar surface area (TPSA) is 95.5 Å². The number of sulfonamides is 1. The van der Waals surface area contributed by atoms with Crippen LogP contribution in [0, 0.1) is 6.92 Å². The van der Waals surface area contributed by atoms with Crippen LogP contribution in [0.4, 0.5) is 5.69 Å². The molecule has 0 aromatic heterocycles. The molecule has 1 amide bonds. The Kier molecular flexibility index (Phi) is 5.77. The lowest BCUT2D eigenvalue weighted by molar-refractivity contribution is 0.102. The zero-order valence-corrected chi connectivity index (χ0v) is 16.0. The molecule has 0 spiro atoms. The van der Waals surface area contributed by atoms with Crippen molar-refractivity contribution in [2.45, 2.75) is 18.4 Å². The number of benzene rings is 3. The predicted octanol–water partition coefficient (Wildman–Crippen LogP) is 3.43. The number of nitrogens with one attached hydrogen (secondary N) is 2. The molecule has 3 rings (SSSR count). The van der Waals surface area contributed by atoms with Crippen LogP contribution in [0.1, 0.15) is 21.5 Å². The molecule has 3 aromatic rings. The van der Waals surface area contributed by atoms with E-state index in [4.69, 9.17) is 0 Å². The van der Waals surface area contributed by atoms with Gasteiger partial charge in [-0.15, -0.1) is 0 Å². The Labute approximate surface area is 163 Å². The lowest BCUT2D eigenvalue weighted by Gasteiger charge is -2.10. The predicted molar refractivity (Wildman–Crippen MR) is 108 cm³/mol. The number of carbonyl (C=O) groups excluding carboxylic acids is 1. The number of rotatable bonds is 6. The van der Waals surface area contributed by atoms with Gasteiger partial charge >= 0.3 is 0 Å². The Morgan fingerprint density at radius 2 is 1.71 bits per heavy atom. The normalized spacial score (nSPS) is 11.2. The molecule has 0 saturated heterocycles. The van der Waals surface area contributed by atoms with Crippen LogP contribution in [0.3, 0.4) is 0 Å². The lowest BCUT2D eigenvalue weighted by Crippen LogP contribution is -2.23. The summed E-state index contributed by atoms with van der Waals surface area (Å²) in [7, 11) is -3.78. The van der Waals surface area contributed by atoms with E-state index in [0.29, 0.717) is 0 Å². The second-order valence-electron chi connectivity index (χ2n) is 6.31. The van der Waals surface area contributed by atoms with Crippen molar-refractivity contribution in [2.75, 3.05) is 5.32 Å². The number of aryl methyl sites for hydroxylation is 1. The number of aromatic hydroxyl groups is 1. The minimum absolute atomic E-state index is 0.00999. The molecule has 7 heteroatoms. The molecule has 0 aliphatic carbocycles. The summed E-state index contributed by atoms with van der Waals surface area (Å²) >= 11 is 0. The van der Waals surface area contributed by atoms with Crippen molar-refractivity contribution in [1.29, 1.82) is 0 Å². The molecule has 0 aliphatic heterocycles. The van der Waals surface area contributed by atoms with Crippen molar-refractivity contribution in [3.8, 4) is 5.75 Å². The van der Waals surface area contributed by atoms with Crippen molar-refractivity contribution in [2.24, 2.45) is 0 Å². The van der Waals surface area contributed by atoms with Crippen molar-refractivity contribution in [3.63, 3.8) is 0 Å². The molecule has 3 aromatic carbocycles. The van der Waals surface area contributed by atoms with Crippen molar-refractivity contribution >= 4 is 21.6 Å². The van der Waals surface area contributed by atoms with E-state index in [1.54, 1.807) is 12.1 Å². The number of amides is 1. The van der Waals surface area contributed by atoms with Gasteiger partial charge in [-0.2, -0.15) is 0 Å². The third kappa shape index (κ3) is 4.76. The Balaban J connectivity index is 1.76. The third-order valence-electron chi connectivity index (χ3n) is 4.12. The summed E-state index contributed by atoms with van der Waals surface area (Å²) in [6.07, 6.45) is 0. The first-order valence-electron chi connectivity index (χ1n) is 8.60. The fourth-order valence-electron chi connectivity index (χ4n) is 2.60. The van der Waals surface area contributed by atoms with Crippen LogP contribution in [0.5, 0.6) is 5.75 Å². The average Bonchev–Trinajstić information content (AvgIpc) is 2.69. The van der Waals surface area contributed by atoms with Gasteiger partial charge in [0.2, 0.25) is 10.0 Å². The van der Waals surface area contributed by atoms with Crippen molar-refractivity contribution < 1.29 is 18.3 Å². The molecular formula is C21H20N2O4S. The Hall–Kier alpha value is -3.16. The van der Waals surface area contributed by atoms with Crippen LogP contribution in [0.2, 0.25) is 0 Å². The highest BCUT2D eigenvalue weighted by Gasteiger charge is 2.17. The second kappa shape index (κ2) is 8.24. The van der Waals surface area contributed by atoms with Crippen LogP contribution in [0.25, 0.3) is 0 Å². The van der Waals surface area contributed by atoms with Gasteiger partial charge in [0.1, 0.15) is 5.75 Å². The summed E-state index contributed by atoms with van der Waals surface area (Å²) in [4.78, 5) is 12.5. The number of hydrogen-bond acceptors (Lipinski definition) is 4. The van der Waals surface area contributed by atoms with Crippen molar-refractivity contribution in [3.05, 3.63) is 89.5 Å². The number of hydrogen-bond donors (Lipinski definition) is 3. The van der Waals surface area contributed by atoms with E-state index < -0.39 is 15.9 Å². The van der Waals surface area contributed by atoms with E-state index in [0.717, 1.165) is 11.1 Å². The van der Waals surface area contributed by atoms with Gasteiger partial charge in [-0.1, -0.05) is 42.5 Å². The first kappa shape index (κ1) is 19.6. The van der Waals surface area contributed by atoms with Gasteiger partial charge in [-0.3, -0.25) is 4.79 Å². The highest BCUT2D eigenvalue weighted by Crippen LogP contribution is 2.24. The highest BCUT2D eigenvalue weighted by atomic mass is 32.2. The number of phenolic OH excluding ortho intramolecular Hbond substituents is 1. The lowest BCUT2D eigenvalue weighted by atomic mass is 10.2. The van der Waals surface area contributed by atoms with Crippen molar-refractivity contribution in [1.82, 2.24) is 4.72 Å². The van der Waals surface area contributed by atoms with Gasteiger partial charge in [-0.05, 0) is 48.4 Å². The van der Waals surface area contributed by atoms with Gasteiger partial charge in [0, 0.05) is 12.1 Å². The zero-order valence-electron chi connectivity index (χ0n) is 15.2. The molecule has 28 heavy (non-hydrogen) atoms. The van der Waals surface area contributed by atoms with E-state index in [-0.39, 0.29) is 28.4 Å². The highest BCUT2D eigenvalue weighted by molar-refractivity contribution is 7.89. The van der Waals surface area contributed by atoms with E-state index >= 15 is 0 Å². The molecule has 0 unspecified atom stereocenters. The molecule has 0 saturated carbocycles. The van der Waals surface area contributed by atoms with Crippen LogP contribution in [0.15, 0.2) is 77.7 Å². The van der Waals surface area contributed by atoms with E-state index in [1.807, 2.05) is 37.3 Å². The maximum absolute atomic E-state index is 12.5. The monoisotopic (exact) mass is 396 g/mol. The number of phenols is 1. The van der Waals surface area contributed by atoms with Gasteiger partial charge in [0.05, 0.1) is 10.6 Å². The first-order chi connectivity index (χ1) is 13.3. The first-order valence-corrected chi connectivity index (χ1v) is 10.1. The number of carbonyl (C=O) groups is 1. The smallest absolute Gasteiger partial charge is 0.255 e. The minimum Gasteiger partial charge on any atom is -0.506 e. The molecule has 0 radical (unpaired) electrons. The average molecular weight is 396 g/mol. The van der Waals surface area contributed by atoms with E-state index in [1.165, 1.54) is 30.3 Å². The maximum atomic E-state index is 12.5. The standard InChI is InChI=1S/C21H20N2O4S/c1-15-10-11-19(20(24)12-15)23-21(25)17-8-5-9-18(13-17)28(26,27)22-14-16-6-3-2-4-7-16/h2-13,22,24H,14H2,1H3,(H,23,25). The molecule has 0 heterocycles. The summed E-state index contributed by atoms with van der Waals surface area (Å²) in [5.41, 5.74) is 2.11. The number of anilines is 1. The zero-order chi connectivity index (χ0) is 20.1. The quantitative estimate of drug-likeness (QED) is 0.556. The molecule has 0 aliphatic rings. The Morgan fingerprint density at radius 1 is 0.964 bits per heavy atom. The van der Waals surface area contributed by atoms with E-state index in [2.05, 4.69) is 10.0 Å². The maximum Gasteiger partial charge on any atom is 0.255 e. The van der Waals surface area contributed by atoms with Crippen LogP contribution in [-0.2, 0) is 16.6 Å². The third-order valence-corrected chi connectivity index (χ3v) is 5.52. The van der Waals surface area contributed by atoms with E-state index in [9.17, 15) is 18.3 Å². The summed E-state index contributed by atoms with van der Waals surface area (Å²) in [5, 5.41) is 12.5. The van der Waals surface area contributed by atoms with Gasteiger partial charge in [0.15, 0.2) is 0 Å². The molecular weight excluding hydrogens is 376 g/mol. The van der Waals surface area contributed by atoms with Gasteiger partial charge in [-0.25, -0.2) is 13.1 Å². The molecule has 0 atom stereocenters. The van der Waals surface area contributed by atoms with Gasteiger partial charge in [0.25, 0.3) is 5.91 Å². The molecule has 3 N–H and O–H groups in total. The fourth-order valence-corrected chi connectivity index (χ4v) is 3.67. The summed E-state index contributed by atoms with van der Waals surface area (Å²) < 4.78 is 27.6. The summed E-state index contributed by atoms with van der Waals surface area (Å²) in [6.45, 7) is 1.97. The second-order valence-corrected chi connectivity index (χ2v) is 8.08. The SMILES string of the molecule is Cc1ccc(NC(=O)c2cccc(S(=O)(=O)NCc3ccccc3)c2)c(O)c1. The summed E-state index contributed by atoms with van der Waals surface area (Å²) in [6, 6.07) is 19.8.